The van der Waals surface area contributed by atoms with Gasteiger partial charge in [0, 0.05) is 30.8 Å². The summed E-state index contributed by atoms with van der Waals surface area (Å²) in [5, 5.41) is 11.7. The number of carbonyl (C=O) groups is 1. The summed E-state index contributed by atoms with van der Waals surface area (Å²) in [6.07, 6.45) is 1.94. The molecule has 1 aliphatic heterocycles. The fraction of sp³-hybridized carbons (Fsp3) is 0.241. The Morgan fingerprint density at radius 2 is 1.75 bits per heavy atom. The van der Waals surface area contributed by atoms with E-state index in [0.29, 0.717) is 29.2 Å². The Morgan fingerprint density at radius 1 is 1.02 bits per heavy atom. The van der Waals surface area contributed by atoms with Crippen LogP contribution in [0, 0.1) is 5.82 Å². The van der Waals surface area contributed by atoms with Crippen LogP contribution >= 0.6 is 0 Å². The molecule has 0 radical (unpaired) electrons. The number of likely N-dealkylation sites (tertiary alicyclic amines) is 1. The van der Waals surface area contributed by atoms with Crippen molar-refractivity contribution in [3.8, 4) is 40.2 Å². The first-order chi connectivity index (χ1) is 19.4. The van der Waals surface area contributed by atoms with Crippen LogP contribution < -0.4 is 19.8 Å². The minimum atomic E-state index is -0.919. The largest absolute Gasteiger partial charge is 0.497 e. The van der Waals surface area contributed by atoms with Crippen LogP contribution in [0.4, 0.5) is 4.39 Å². The van der Waals surface area contributed by atoms with Crippen LogP contribution in [-0.2, 0) is 0 Å². The monoisotopic (exact) mass is 546 g/mol. The van der Waals surface area contributed by atoms with Gasteiger partial charge in [0.25, 0.3) is 11.5 Å². The second kappa shape index (κ2) is 11.0. The van der Waals surface area contributed by atoms with E-state index in [9.17, 15) is 19.1 Å². The van der Waals surface area contributed by atoms with Gasteiger partial charge in [-0.15, -0.1) is 0 Å². The number of rotatable bonds is 7. The van der Waals surface area contributed by atoms with Gasteiger partial charge in [0.15, 0.2) is 11.4 Å². The quantitative estimate of drug-likeness (QED) is 0.372. The van der Waals surface area contributed by atoms with Crippen molar-refractivity contribution in [1.82, 2.24) is 19.4 Å². The molecule has 0 bridgehead atoms. The third-order valence-corrected chi connectivity index (χ3v) is 6.88. The predicted molar refractivity (Wildman–Crippen MR) is 144 cm³/mol. The number of hydrogen-bond acceptors (Lipinski definition) is 8. The van der Waals surface area contributed by atoms with Crippen LogP contribution in [0.5, 0.6) is 23.1 Å². The number of ether oxygens (including phenoxy) is 3. The van der Waals surface area contributed by atoms with Gasteiger partial charge in [-0.1, -0.05) is 18.2 Å². The molecule has 1 amide bonds. The smallest absolute Gasteiger partial charge is 0.290 e. The van der Waals surface area contributed by atoms with E-state index in [1.165, 1.54) is 49.1 Å². The van der Waals surface area contributed by atoms with E-state index in [2.05, 4.69) is 9.97 Å². The van der Waals surface area contributed by atoms with Gasteiger partial charge in [-0.05, 0) is 42.8 Å². The maximum Gasteiger partial charge on any atom is 0.290 e. The summed E-state index contributed by atoms with van der Waals surface area (Å²) in [5.41, 5.74) is -0.519. The van der Waals surface area contributed by atoms with Crippen molar-refractivity contribution < 1.29 is 28.5 Å². The number of benzene rings is 2. The van der Waals surface area contributed by atoms with Crippen LogP contribution in [0.3, 0.4) is 0 Å². The summed E-state index contributed by atoms with van der Waals surface area (Å²) in [6.45, 7) is 0.370. The van der Waals surface area contributed by atoms with Crippen LogP contribution in [0.1, 0.15) is 28.4 Å². The summed E-state index contributed by atoms with van der Waals surface area (Å²) in [7, 11) is 4.40. The molecule has 1 unspecified atom stereocenters. The zero-order valence-electron chi connectivity index (χ0n) is 22.1. The van der Waals surface area contributed by atoms with Crippen molar-refractivity contribution in [2.45, 2.75) is 12.3 Å². The standard InChI is InChI=1S/C29H27FN4O6/c1-38-19-8-4-7-17(15-19)26-32-27(35)23(29(37)34(26)25-21(39-2)10-5-11-22(25)40-3)28(36)33-14-12-18(16-33)24-20(30)9-6-13-31-24/h4-11,13,15,18,37H,12,14,16H2,1-3H3. The topological polar surface area (TPSA) is 116 Å². The SMILES string of the molecule is COc1cccc(-c2nc(=O)c(C(=O)N3CCC(c4ncccc4F)C3)c(O)n2-c2c(OC)cccc2OC)c1. The molecule has 2 aromatic heterocycles. The average molecular weight is 547 g/mol. The Bertz CT molecular complexity index is 1620. The first-order valence-corrected chi connectivity index (χ1v) is 12.5. The van der Waals surface area contributed by atoms with Gasteiger partial charge in [-0.3, -0.25) is 19.1 Å². The van der Waals surface area contributed by atoms with Gasteiger partial charge in [-0.2, -0.15) is 4.98 Å². The van der Waals surface area contributed by atoms with Crippen LogP contribution in [-0.4, -0.2) is 64.9 Å². The molecule has 1 saturated heterocycles. The normalized spacial score (nSPS) is 14.7. The number of hydrogen-bond donors (Lipinski definition) is 1. The van der Waals surface area contributed by atoms with E-state index in [1.54, 1.807) is 42.5 Å². The molecule has 11 heteroatoms. The lowest BCUT2D eigenvalue weighted by molar-refractivity contribution is 0.0784. The first-order valence-electron chi connectivity index (χ1n) is 12.5. The number of aromatic nitrogens is 3. The van der Waals surface area contributed by atoms with Crippen LogP contribution in [0.15, 0.2) is 65.6 Å². The molecule has 0 aliphatic carbocycles. The Balaban J connectivity index is 1.67. The maximum absolute atomic E-state index is 14.4. The number of pyridine rings is 1. The third-order valence-electron chi connectivity index (χ3n) is 6.88. The lowest BCUT2D eigenvalue weighted by Gasteiger charge is -2.22. The van der Waals surface area contributed by atoms with Crippen molar-refractivity contribution >= 4 is 5.91 Å². The highest BCUT2D eigenvalue weighted by Crippen LogP contribution is 2.39. The van der Waals surface area contributed by atoms with Gasteiger partial charge < -0.3 is 24.2 Å². The Hall–Kier alpha value is -4.93. The Morgan fingerprint density at radius 3 is 2.42 bits per heavy atom. The van der Waals surface area contributed by atoms with Crippen molar-refractivity contribution in [2.75, 3.05) is 34.4 Å². The zero-order chi connectivity index (χ0) is 28.4. The molecule has 10 nitrogen and oxygen atoms in total. The summed E-state index contributed by atoms with van der Waals surface area (Å²) < 4.78 is 32.1. The summed E-state index contributed by atoms with van der Waals surface area (Å²) in [6, 6.07) is 14.6. The third kappa shape index (κ3) is 4.70. The van der Waals surface area contributed by atoms with E-state index < -0.39 is 28.7 Å². The fourth-order valence-electron chi connectivity index (χ4n) is 4.94. The molecule has 1 N–H and O–H groups in total. The van der Waals surface area contributed by atoms with E-state index in [-0.39, 0.29) is 36.2 Å². The molecule has 206 valence electrons. The summed E-state index contributed by atoms with van der Waals surface area (Å²) in [5.74, 6) is -1.05. The van der Waals surface area contributed by atoms with E-state index in [1.807, 2.05) is 0 Å². The molecule has 40 heavy (non-hydrogen) atoms. The molecule has 2 aromatic carbocycles. The number of nitrogens with zero attached hydrogens (tertiary/aromatic N) is 4. The van der Waals surface area contributed by atoms with Crippen molar-refractivity contribution in [3.05, 3.63) is 88.2 Å². The van der Waals surface area contributed by atoms with Crippen molar-refractivity contribution in [2.24, 2.45) is 0 Å². The Labute approximate surface area is 229 Å². The lowest BCUT2D eigenvalue weighted by atomic mass is 10.0. The maximum atomic E-state index is 14.4. The highest BCUT2D eigenvalue weighted by Gasteiger charge is 2.35. The van der Waals surface area contributed by atoms with E-state index in [4.69, 9.17) is 14.2 Å². The van der Waals surface area contributed by atoms with Gasteiger partial charge in [0.1, 0.15) is 28.8 Å². The predicted octanol–water partition coefficient (Wildman–Crippen LogP) is 3.79. The number of carbonyl (C=O) groups excluding carboxylic acids is 1. The molecule has 1 fully saturated rings. The van der Waals surface area contributed by atoms with Gasteiger partial charge >= 0.3 is 0 Å². The molecule has 1 atom stereocenters. The molecule has 4 aromatic rings. The summed E-state index contributed by atoms with van der Waals surface area (Å²) >= 11 is 0. The Kier molecular flexibility index (Phi) is 7.37. The zero-order valence-corrected chi connectivity index (χ0v) is 22.1. The van der Waals surface area contributed by atoms with E-state index in [0.717, 1.165) is 0 Å². The highest BCUT2D eigenvalue weighted by atomic mass is 19.1. The number of methoxy groups -OCH3 is 3. The van der Waals surface area contributed by atoms with Crippen molar-refractivity contribution in [3.63, 3.8) is 0 Å². The minimum absolute atomic E-state index is 0.0376. The molecular formula is C29H27FN4O6. The lowest BCUT2D eigenvalue weighted by Crippen LogP contribution is -2.34. The molecule has 0 saturated carbocycles. The second-order valence-electron chi connectivity index (χ2n) is 9.12. The first kappa shape index (κ1) is 26.7. The van der Waals surface area contributed by atoms with Crippen LogP contribution in [0.2, 0.25) is 0 Å². The highest BCUT2D eigenvalue weighted by molar-refractivity contribution is 5.97. The number of aromatic hydroxyl groups is 1. The number of amides is 1. The van der Waals surface area contributed by atoms with Gasteiger partial charge in [0.2, 0.25) is 5.88 Å². The summed E-state index contributed by atoms with van der Waals surface area (Å²) in [4.78, 5) is 36.9. The number of para-hydroxylation sites is 1. The van der Waals surface area contributed by atoms with Crippen LogP contribution in [0.25, 0.3) is 17.1 Å². The van der Waals surface area contributed by atoms with Gasteiger partial charge in [0.05, 0.1) is 27.0 Å². The molecule has 3 heterocycles. The average Bonchev–Trinajstić information content (AvgIpc) is 3.47. The molecule has 1 aliphatic rings. The molecule has 5 rings (SSSR count). The van der Waals surface area contributed by atoms with E-state index >= 15 is 0 Å². The van der Waals surface area contributed by atoms with Gasteiger partial charge in [-0.25, -0.2) is 4.39 Å². The minimum Gasteiger partial charge on any atom is -0.497 e. The molecule has 0 spiro atoms. The van der Waals surface area contributed by atoms with Crippen molar-refractivity contribution in [1.29, 1.82) is 0 Å². The second-order valence-corrected chi connectivity index (χ2v) is 9.12. The molecular weight excluding hydrogens is 519 g/mol. The fourth-order valence-corrected chi connectivity index (χ4v) is 4.94. The number of halogens is 1.